The second-order valence-corrected chi connectivity index (χ2v) is 11.5. The molecule has 174 valence electrons. The van der Waals surface area contributed by atoms with Crippen LogP contribution in [0.4, 0.5) is 0 Å². The standard InChI is InChI=1S/C24H32BCl2NO4/c1-13(2)7-15(25-31-21-9-14-8-19(22(21)32-25)24(14,3)4)10-17(29)12-28-23(30)18-11-16(26)5-6-20(18)27/h5-6,11,13-15,19,21-22H,7-10,12H2,1-4H3,(H,28,30)/t14-,15+,19?,21+,22-/m0/s1. The Morgan fingerprint density at radius 1 is 1.22 bits per heavy atom. The Kier molecular flexibility index (Phi) is 6.98. The molecule has 4 fully saturated rings. The lowest BCUT2D eigenvalue weighted by atomic mass is 9.47. The molecule has 5 nitrogen and oxygen atoms in total. The number of hydrogen-bond acceptors (Lipinski definition) is 4. The van der Waals surface area contributed by atoms with Gasteiger partial charge in [-0.05, 0) is 60.6 Å². The Bertz CT molecular complexity index is 893. The smallest absolute Gasteiger partial charge is 0.405 e. The van der Waals surface area contributed by atoms with E-state index in [1.165, 1.54) is 12.5 Å². The van der Waals surface area contributed by atoms with Gasteiger partial charge in [0.2, 0.25) is 0 Å². The number of ketones is 1. The van der Waals surface area contributed by atoms with Crippen LogP contribution in [-0.4, -0.2) is 37.6 Å². The summed E-state index contributed by atoms with van der Waals surface area (Å²) in [5.41, 5.74) is 0.577. The number of benzene rings is 1. The summed E-state index contributed by atoms with van der Waals surface area (Å²) >= 11 is 12.1. The minimum absolute atomic E-state index is 0.0277. The highest BCUT2D eigenvalue weighted by Gasteiger charge is 2.62. The van der Waals surface area contributed by atoms with Crippen molar-refractivity contribution in [1.29, 1.82) is 0 Å². The van der Waals surface area contributed by atoms with Gasteiger partial charge in [-0.15, -0.1) is 0 Å². The number of amides is 1. The van der Waals surface area contributed by atoms with E-state index < -0.39 is 5.91 Å². The van der Waals surface area contributed by atoms with Gasteiger partial charge < -0.3 is 14.6 Å². The maximum Gasteiger partial charge on any atom is 0.461 e. The van der Waals surface area contributed by atoms with Crippen LogP contribution >= 0.6 is 23.2 Å². The summed E-state index contributed by atoms with van der Waals surface area (Å²) in [7, 11) is -0.357. The van der Waals surface area contributed by atoms with Gasteiger partial charge in [-0.1, -0.05) is 50.9 Å². The average molecular weight is 480 g/mol. The van der Waals surface area contributed by atoms with Crippen LogP contribution < -0.4 is 5.32 Å². The number of Topliss-reactive ketones (excluding diaryl/α,β-unsaturated/α-hetero) is 1. The fourth-order valence-corrected chi connectivity index (χ4v) is 6.17. The molecular weight excluding hydrogens is 448 g/mol. The third-order valence-electron chi connectivity index (χ3n) is 7.69. The zero-order valence-electron chi connectivity index (χ0n) is 19.2. The zero-order chi connectivity index (χ0) is 23.2. The number of carbonyl (C=O) groups excluding carboxylic acids is 2. The van der Waals surface area contributed by atoms with Crippen molar-refractivity contribution in [3.8, 4) is 0 Å². The molecule has 1 unspecified atom stereocenters. The van der Waals surface area contributed by atoms with Crippen LogP contribution in [0.1, 0.15) is 63.7 Å². The van der Waals surface area contributed by atoms with Gasteiger partial charge in [-0.25, -0.2) is 0 Å². The topological polar surface area (TPSA) is 64.6 Å². The van der Waals surface area contributed by atoms with Crippen LogP contribution in [0.25, 0.3) is 0 Å². The Morgan fingerprint density at radius 3 is 2.66 bits per heavy atom. The molecule has 0 spiro atoms. The second kappa shape index (κ2) is 9.29. The molecule has 5 atom stereocenters. The van der Waals surface area contributed by atoms with Crippen molar-refractivity contribution < 1.29 is 18.9 Å². The van der Waals surface area contributed by atoms with Gasteiger partial charge in [-0.3, -0.25) is 9.59 Å². The van der Waals surface area contributed by atoms with Gasteiger partial charge in [0.1, 0.15) is 0 Å². The van der Waals surface area contributed by atoms with Gasteiger partial charge >= 0.3 is 7.12 Å². The van der Waals surface area contributed by atoms with E-state index in [9.17, 15) is 9.59 Å². The molecule has 1 aliphatic heterocycles. The van der Waals surface area contributed by atoms with E-state index >= 15 is 0 Å². The molecule has 32 heavy (non-hydrogen) atoms. The van der Waals surface area contributed by atoms with Crippen molar-refractivity contribution in [2.24, 2.45) is 23.2 Å². The van der Waals surface area contributed by atoms with E-state index in [4.69, 9.17) is 32.5 Å². The van der Waals surface area contributed by atoms with Crippen molar-refractivity contribution in [3.05, 3.63) is 33.8 Å². The van der Waals surface area contributed by atoms with Crippen LogP contribution in [0, 0.1) is 23.2 Å². The molecule has 1 saturated heterocycles. The SMILES string of the molecule is CC(C)C[C@H](CC(=O)CNC(=O)c1cc(Cl)ccc1Cl)B1O[C@@H]2C[C@@H]3CC([C@@H]2O1)C3(C)C. The molecule has 4 aliphatic rings. The molecule has 8 heteroatoms. The normalized spacial score (nSPS) is 28.8. The molecule has 1 heterocycles. The number of halogens is 2. The van der Waals surface area contributed by atoms with E-state index in [0.29, 0.717) is 39.6 Å². The van der Waals surface area contributed by atoms with Crippen LogP contribution in [0.15, 0.2) is 18.2 Å². The first-order valence-corrected chi connectivity index (χ1v) is 12.4. The zero-order valence-corrected chi connectivity index (χ0v) is 20.7. The number of hydrogen-bond donors (Lipinski definition) is 1. The van der Waals surface area contributed by atoms with E-state index in [2.05, 4.69) is 33.0 Å². The maximum absolute atomic E-state index is 12.8. The third kappa shape index (κ3) is 4.75. The van der Waals surface area contributed by atoms with Crippen molar-refractivity contribution >= 4 is 42.0 Å². The van der Waals surface area contributed by atoms with Crippen molar-refractivity contribution in [1.82, 2.24) is 5.32 Å². The fourth-order valence-electron chi connectivity index (χ4n) is 5.79. The lowest BCUT2D eigenvalue weighted by molar-refractivity contribution is -0.150. The van der Waals surface area contributed by atoms with E-state index in [0.717, 1.165) is 12.8 Å². The van der Waals surface area contributed by atoms with Gasteiger partial charge in [0.25, 0.3) is 5.91 Å². The molecule has 3 aliphatic carbocycles. The summed E-state index contributed by atoms with van der Waals surface area (Å²) in [6.45, 7) is 8.89. The van der Waals surface area contributed by atoms with E-state index in [-0.39, 0.29) is 43.0 Å². The lowest BCUT2D eigenvalue weighted by Gasteiger charge is -2.60. The average Bonchev–Trinajstić information content (AvgIpc) is 3.17. The van der Waals surface area contributed by atoms with Gasteiger partial charge in [0.05, 0.1) is 29.3 Å². The quantitative estimate of drug-likeness (QED) is 0.504. The first-order valence-electron chi connectivity index (χ1n) is 11.6. The summed E-state index contributed by atoms with van der Waals surface area (Å²) in [6.07, 6.45) is 3.69. The number of carbonyl (C=O) groups is 2. The minimum Gasteiger partial charge on any atom is -0.405 e. The van der Waals surface area contributed by atoms with E-state index in [1.807, 2.05) is 0 Å². The summed E-state index contributed by atoms with van der Waals surface area (Å²) < 4.78 is 12.8. The molecule has 1 aromatic rings. The van der Waals surface area contributed by atoms with Crippen LogP contribution in [0.5, 0.6) is 0 Å². The molecule has 1 aromatic carbocycles. The molecular formula is C24H32BCl2NO4. The molecule has 3 saturated carbocycles. The predicted octanol–water partition coefficient (Wildman–Crippen LogP) is 5.44. The Hall–Kier alpha value is -1.08. The minimum atomic E-state index is -0.410. The summed E-state index contributed by atoms with van der Waals surface area (Å²) in [5.74, 6) is 1.16. The number of rotatable bonds is 8. The summed E-state index contributed by atoms with van der Waals surface area (Å²) in [5, 5.41) is 3.39. The molecule has 0 aromatic heterocycles. The lowest BCUT2D eigenvalue weighted by Crippen LogP contribution is -2.59. The first kappa shape index (κ1) is 24.1. The van der Waals surface area contributed by atoms with Crippen molar-refractivity contribution in [3.63, 3.8) is 0 Å². The fraction of sp³-hybridized carbons (Fsp3) is 0.667. The van der Waals surface area contributed by atoms with Crippen molar-refractivity contribution in [2.45, 2.75) is 71.4 Å². The highest BCUT2D eigenvalue weighted by Crippen LogP contribution is 2.62. The highest BCUT2D eigenvalue weighted by molar-refractivity contribution is 6.47. The van der Waals surface area contributed by atoms with Gasteiger partial charge in [0, 0.05) is 17.3 Å². The largest absolute Gasteiger partial charge is 0.461 e. The highest BCUT2D eigenvalue weighted by atomic mass is 35.5. The molecule has 5 rings (SSSR count). The third-order valence-corrected chi connectivity index (χ3v) is 8.26. The summed E-state index contributed by atoms with van der Waals surface area (Å²) in [6, 6.07) is 4.69. The van der Waals surface area contributed by atoms with Gasteiger partial charge in [0.15, 0.2) is 5.78 Å². The molecule has 2 bridgehead atoms. The van der Waals surface area contributed by atoms with Crippen LogP contribution in [0.2, 0.25) is 15.9 Å². The second-order valence-electron chi connectivity index (χ2n) is 10.7. The molecule has 1 N–H and O–H groups in total. The Balaban J connectivity index is 1.35. The predicted molar refractivity (Wildman–Crippen MR) is 127 cm³/mol. The van der Waals surface area contributed by atoms with Crippen molar-refractivity contribution in [2.75, 3.05) is 6.54 Å². The first-order chi connectivity index (χ1) is 15.1. The monoisotopic (exact) mass is 479 g/mol. The number of nitrogens with one attached hydrogen (secondary N) is 1. The molecule has 1 amide bonds. The van der Waals surface area contributed by atoms with E-state index in [1.54, 1.807) is 12.1 Å². The summed E-state index contributed by atoms with van der Waals surface area (Å²) in [4.78, 5) is 25.2. The van der Waals surface area contributed by atoms with Gasteiger partial charge in [-0.2, -0.15) is 0 Å². The molecule has 0 radical (unpaired) electrons. The van der Waals surface area contributed by atoms with Crippen LogP contribution in [0.3, 0.4) is 0 Å². The Labute approximate surface area is 201 Å². The Morgan fingerprint density at radius 2 is 1.97 bits per heavy atom. The van der Waals surface area contributed by atoms with Crippen LogP contribution in [-0.2, 0) is 14.1 Å². The maximum atomic E-state index is 12.8.